The van der Waals surface area contributed by atoms with E-state index in [2.05, 4.69) is 15.0 Å². The van der Waals surface area contributed by atoms with Gasteiger partial charge in [-0.15, -0.1) is 0 Å². The lowest BCUT2D eigenvalue weighted by atomic mass is 10.2. The Labute approximate surface area is 153 Å². The van der Waals surface area contributed by atoms with E-state index in [0.717, 1.165) is 6.07 Å². The van der Waals surface area contributed by atoms with Crippen LogP contribution in [0.5, 0.6) is 0 Å². The molecule has 0 aliphatic heterocycles. The SMILES string of the molecule is Fc1cccc2nc(Cl)nc(Cl)c12.O=c1[nH]c(=O)c2c(F)cccc2[nH]1. The zero-order valence-electron chi connectivity index (χ0n) is 12.7. The minimum Gasteiger partial charge on any atom is -0.307 e. The summed E-state index contributed by atoms with van der Waals surface area (Å²) in [5.74, 6) is -1.09. The Morgan fingerprint density at radius 3 is 2.23 bits per heavy atom. The number of nitrogens with one attached hydrogen (secondary N) is 2. The van der Waals surface area contributed by atoms with Gasteiger partial charge in [-0.1, -0.05) is 23.7 Å². The van der Waals surface area contributed by atoms with E-state index in [1.54, 1.807) is 6.07 Å². The molecular formula is C16H8Cl2F2N4O2. The quantitative estimate of drug-likeness (QED) is 0.351. The fourth-order valence-electron chi connectivity index (χ4n) is 2.25. The zero-order valence-corrected chi connectivity index (χ0v) is 14.2. The molecule has 0 saturated heterocycles. The van der Waals surface area contributed by atoms with Crippen LogP contribution < -0.4 is 11.2 Å². The van der Waals surface area contributed by atoms with Crippen molar-refractivity contribution in [3.8, 4) is 0 Å². The van der Waals surface area contributed by atoms with Crippen LogP contribution in [0, 0.1) is 11.6 Å². The van der Waals surface area contributed by atoms with E-state index >= 15 is 0 Å². The molecule has 0 radical (unpaired) electrons. The maximum atomic E-state index is 13.2. The van der Waals surface area contributed by atoms with Crippen LogP contribution in [0.15, 0.2) is 46.0 Å². The van der Waals surface area contributed by atoms with Gasteiger partial charge in [-0.3, -0.25) is 9.78 Å². The molecule has 0 bridgehead atoms. The highest BCUT2D eigenvalue weighted by atomic mass is 35.5. The predicted molar refractivity (Wildman–Crippen MR) is 94.7 cm³/mol. The molecule has 2 heterocycles. The monoisotopic (exact) mass is 396 g/mol. The Kier molecular flexibility index (Phi) is 4.97. The fraction of sp³-hybridized carbons (Fsp3) is 0. The molecule has 0 spiro atoms. The Bertz CT molecular complexity index is 1240. The molecule has 6 nitrogen and oxygen atoms in total. The van der Waals surface area contributed by atoms with Crippen LogP contribution in [-0.2, 0) is 0 Å². The first-order chi connectivity index (χ1) is 12.4. The number of halogens is 4. The number of benzene rings is 2. The van der Waals surface area contributed by atoms with E-state index < -0.39 is 22.9 Å². The van der Waals surface area contributed by atoms with Crippen molar-refractivity contribution >= 4 is 45.0 Å². The molecule has 26 heavy (non-hydrogen) atoms. The van der Waals surface area contributed by atoms with Crippen LogP contribution in [0.4, 0.5) is 8.78 Å². The highest BCUT2D eigenvalue weighted by molar-refractivity contribution is 6.35. The predicted octanol–water partition coefficient (Wildman–Crippen LogP) is 3.43. The van der Waals surface area contributed by atoms with E-state index in [1.807, 2.05) is 4.98 Å². The van der Waals surface area contributed by atoms with Gasteiger partial charge in [-0.25, -0.2) is 23.5 Å². The average Bonchev–Trinajstić information content (AvgIpc) is 2.54. The topological polar surface area (TPSA) is 91.5 Å². The van der Waals surface area contributed by atoms with Gasteiger partial charge < -0.3 is 4.98 Å². The molecular weight excluding hydrogens is 389 g/mol. The van der Waals surface area contributed by atoms with Crippen LogP contribution in [0.3, 0.4) is 0 Å². The summed E-state index contributed by atoms with van der Waals surface area (Å²) in [4.78, 5) is 33.6. The molecule has 0 aliphatic carbocycles. The summed E-state index contributed by atoms with van der Waals surface area (Å²) in [7, 11) is 0. The first-order valence-corrected chi connectivity index (χ1v) is 7.80. The smallest absolute Gasteiger partial charge is 0.307 e. The van der Waals surface area contributed by atoms with Crippen molar-refractivity contribution in [3.63, 3.8) is 0 Å². The van der Waals surface area contributed by atoms with Gasteiger partial charge in [0.05, 0.1) is 21.8 Å². The van der Waals surface area contributed by atoms with Crippen molar-refractivity contribution in [2.45, 2.75) is 0 Å². The molecule has 4 rings (SSSR count). The molecule has 2 aromatic heterocycles. The molecule has 0 atom stereocenters. The van der Waals surface area contributed by atoms with E-state index in [4.69, 9.17) is 23.2 Å². The van der Waals surface area contributed by atoms with Crippen LogP contribution >= 0.6 is 23.2 Å². The van der Waals surface area contributed by atoms with Crippen LogP contribution in [-0.4, -0.2) is 19.9 Å². The summed E-state index contributed by atoms with van der Waals surface area (Å²) in [6.45, 7) is 0. The number of fused-ring (bicyclic) bond motifs is 2. The van der Waals surface area contributed by atoms with E-state index in [0.29, 0.717) is 5.52 Å². The Hall–Kier alpha value is -2.84. The lowest BCUT2D eigenvalue weighted by molar-refractivity contribution is 0.638. The van der Waals surface area contributed by atoms with E-state index in [-0.39, 0.29) is 26.7 Å². The molecule has 4 aromatic rings. The van der Waals surface area contributed by atoms with Crippen LogP contribution in [0.1, 0.15) is 0 Å². The Morgan fingerprint density at radius 1 is 0.846 bits per heavy atom. The van der Waals surface area contributed by atoms with Gasteiger partial charge in [0.1, 0.15) is 16.8 Å². The zero-order chi connectivity index (χ0) is 18.8. The van der Waals surface area contributed by atoms with Crippen LogP contribution in [0.25, 0.3) is 21.8 Å². The molecule has 0 fully saturated rings. The van der Waals surface area contributed by atoms with Crippen molar-refractivity contribution in [1.82, 2.24) is 19.9 Å². The minimum absolute atomic E-state index is 0.0168. The largest absolute Gasteiger partial charge is 0.326 e. The van der Waals surface area contributed by atoms with Crippen molar-refractivity contribution in [1.29, 1.82) is 0 Å². The molecule has 0 aliphatic rings. The van der Waals surface area contributed by atoms with Gasteiger partial charge in [-0.05, 0) is 35.9 Å². The Morgan fingerprint density at radius 2 is 1.50 bits per heavy atom. The van der Waals surface area contributed by atoms with Gasteiger partial charge in [0.15, 0.2) is 0 Å². The second-order valence-corrected chi connectivity index (χ2v) is 5.68. The lowest BCUT2D eigenvalue weighted by Crippen LogP contribution is -2.22. The summed E-state index contributed by atoms with van der Waals surface area (Å²) < 4.78 is 26.2. The first kappa shape index (κ1) is 18.0. The number of aromatic nitrogens is 4. The van der Waals surface area contributed by atoms with Crippen molar-refractivity contribution in [2.75, 3.05) is 0 Å². The standard InChI is InChI=1S/C8H3Cl2FN2.C8H5FN2O2/c9-7-6-4(11)2-1-3-5(6)12-8(10)13-7;9-4-2-1-3-5-6(4)7(12)11-8(13)10-5/h1-3H;1-3H,(H2,10,11,12,13). The van der Waals surface area contributed by atoms with Crippen molar-refractivity contribution < 1.29 is 8.78 Å². The van der Waals surface area contributed by atoms with E-state index in [1.165, 1.54) is 24.3 Å². The van der Waals surface area contributed by atoms with Gasteiger partial charge in [0, 0.05) is 0 Å². The van der Waals surface area contributed by atoms with Crippen molar-refractivity contribution in [2.24, 2.45) is 0 Å². The number of aromatic amines is 2. The minimum atomic E-state index is -0.711. The maximum absolute atomic E-state index is 13.2. The molecule has 0 amide bonds. The second kappa shape index (κ2) is 7.19. The lowest BCUT2D eigenvalue weighted by Gasteiger charge is -2.00. The summed E-state index contributed by atoms with van der Waals surface area (Å²) in [6, 6.07) is 8.51. The third kappa shape index (κ3) is 3.56. The van der Waals surface area contributed by atoms with Gasteiger partial charge in [-0.2, -0.15) is 0 Å². The molecule has 0 saturated carbocycles. The highest BCUT2D eigenvalue weighted by Crippen LogP contribution is 2.24. The number of hydrogen-bond acceptors (Lipinski definition) is 4. The van der Waals surface area contributed by atoms with Gasteiger partial charge >= 0.3 is 5.69 Å². The van der Waals surface area contributed by atoms with Crippen molar-refractivity contribution in [3.05, 3.63) is 79.3 Å². The second-order valence-electron chi connectivity index (χ2n) is 4.99. The van der Waals surface area contributed by atoms with E-state index in [9.17, 15) is 18.4 Å². The summed E-state index contributed by atoms with van der Waals surface area (Å²) in [5.41, 5.74) is -0.737. The summed E-state index contributed by atoms with van der Waals surface area (Å²) in [5, 5.41) is 0.131. The number of H-pyrrole nitrogens is 2. The summed E-state index contributed by atoms with van der Waals surface area (Å²) in [6.07, 6.45) is 0. The molecule has 2 aromatic carbocycles. The number of nitrogens with zero attached hydrogens (tertiary/aromatic N) is 2. The molecule has 10 heteroatoms. The third-order valence-corrected chi connectivity index (χ3v) is 3.76. The molecule has 0 unspecified atom stereocenters. The highest BCUT2D eigenvalue weighted by Gasteiger charge is 2.08. The third-order valence-electron chi connectivity index (χ3n) is 3.32. The normalized spacial score (nSPS) is 10.6. The Balaban J connectivity index is 0.000000151. The summed E-state index contributed by atoms with van der Waals surface area (Å²) >= 11 is 11.2. The number of rotatable bonds is 0. The number of hydrogen-bond donors (Lipinski definition) is 2. The van der Waals surface area contributed by atoms with Gasteiger partial charge in [0.2, 0.25) is 5.28 Å². The molecule has 2 N–H and O–H groups in total. The maximum Gasteiger partial charge on any atom is 0.326 e. The molecule has 132 valence electrons. The fourth-order valence-corrected chi connectivity index (χ4v) is 2.74. The van der Waals surface area contributed by atoms with Crippen LogP contribution in [0.2, 0.25) is 10.4 Å². The first-order valence-electron chi connectivity index (χ1n) is 7.05. The van der Waals surface area contributed by atoms with Gasteiger partial charge in [0.25, 0.3) is 5.56 Å². The average molecular weight is 397 g/mol.